The number of para-hydroxylation sites is 1. The number of likely N-dealkylation sites (tertiary alicyclic amines) is 1. The van der Waals surface area contributed by atoms with Gasteiger partial charge in [-0.2, -0.15) is 0 Å². The Kier molecular flexibility index (Phi) is 7.45. The van der Waals surface area contributed by atoms with Crippen molar-refractivity contribution in [1.29, 1.82) is 0 Å². The lowest BCUT2D eigenvalue weighted by molar-refractivity contribution is -0.138. The quantitative estimate of drug-likeness (QED) is 0.709. The molecule has 1 aliphatic rings. The van der Waals surface area contributed by atoms with E-state index in [1.807, 2.05) is 69.3 Å². The van der Waals surface area contributed by atoms with Crippen LogP contribution in [0.15, 0.2) is 48.5 Å². The Balaban J connectivity index is 1.61. The number of rotatable bonds is 8. The van der Waals surface area contributed by atoms with Crippen LogP contribution in [0.25, 0.3) is 0 Å². The van der Waals surface area contributed by atoms with Crippen molar-refractivity contribution in [3.05, 3.63) is 65.2 Å². The van der Waals surface area contributed by atoms with Crippen LogP contribution >= 0.6 is 0 Å². The summed E-state index contributed by atoms with van der Waals surface area (Å²) in [5.41, 5.74) is 3.94. The van der Waals surface area contributed by atoms with E-state index in [0.717, 1.165) is 23.2 Å². The van der Waals surface area contributed by atoms with Crippen molar-refractivity contribution < 1.29 is 14.4 Å². The van der Waals surface area contributed by atoms with E-state index in [-0.39, 0.29) is 30.7 Å². The molecule has 0 radical (unpaired) electrons. The molecule has 6 heteroatoms. The van der Waals surface area contributed by atoms with E-state index >= 15 is 0 Å². The number of nitrogens with one attached hydrogen (secondary N) is 1. The van der Waals surface area contributed by atoms with Crippen LogP contribution in [0.1, 0.15) is 36.5 Å². The summed E-state index contributed by atoms with van der Waals surface area (Å²) < 4.78 is 0. The first-order valence-corrected chi connectivity index (χ1v) is 10.8. The van der Waals surface area contributed by atoms with Crippen molar-refractivity contribution in [3.8, 4) is 0 Å². The zero-order valence-corrected chi connectivity index (χ0v) is 18.6. The van der Waals surface area contributed by atoms with Crippen molar-refractivity contribution in [2.45, 2.75) is 40.2 Å². The highest BCUT2D eigenvalue weighted by atomic mass is 16.2. The lowest BCUT2D eigenvalue weighted by Crippen LogP contribution is -2.42. The topological polar surface area (TPSA) is 69.7 Å². The molecule has 1 atom stereocenters. The molecular formula is C25H31N3O3. The minimum absolute atomic E-state index is 0.0103. The number of carbonyl (C=O) groups is 3. The van der Waals surface area contributed by atoms with E-state index in [1.54, 1.807) is 9.80 Å². The van der Waals surface area contributed by atoms with Gasteiger partial charge in [0.25, 0.3) is 0 Å². The normalized spacial score (nSPS) is 15.8. The van der Waals surface area contributed by atoms with Crippen LogP contribution < -0.4 is 5.32 Å². The van der Waals surface area contributed by atoms with Gasteiger partial charge in [0.1, 0.15) is 0 Å². The summed E-state index contributed by atoms with van der Waals surface area (Å²) in [7, 11) is 0. The second kappa shape index (κ2) is 10.2. The first kappa shape index (κ1) is 22.5. The van der Waals surface area contributed by atoms with Crippen molar-refractivity contribution in [3.63, 3.8) is 0 Å². The Morgan fingerprint density at radius 3 is 2.48 bits per heavy atom. The minimum Gasteiger partial charge on any atom is -0.338 e. The number of amides is 3. The smallest absolute Gasteiger partial charge is 0.244 e. The van der Waals surface area contributed by atoms with E-state index in [2.05, 4.69) is 5.32 Å². The summed E-state index contributed by atoms with van der Waals surface area (Å²) in [6.45, 7) is 7.30. The Hall–Kier alpha value is -3.15. The minimum atomic E-state index is -0.407. The first-order valence-electron chi connectivity index (χ1n) is 10.8. The highest BCUT2D eigenvalue weighted by molar-refractivity contribution is 5.96. The lowest BCUT2D eigenvalue weighted by Gasteiger charge is -2.25. The molecule has 0 saturated carbocycles. The van der Waals surface area contributed by atoms with E-state index in [0.29, 0.717) is 19.6 Å². The van der Waals surface area contributed by atoms with Gasteiger partial charge in [-0.15, -0.1) is 0 Å². The zero-order valence-electron chi connectivity index (χ0n) is 18.6. The number of hydrogen-bond acceptors (Lipinski definition) is 3. The SMILES string of the molecule is CCCN(CC(=O)Nc1ccccc1C)C(=O)C1CC(=O)N(Cc2ccc(C)cc2)C1. The van der Waals surface area contributed by atoms with Crippen LogP contribution in [0.5, 0.6) is 0 Å². The molecule has 0 aromatic heterocycles. The molecule has 1 heterocycles. The molecule has 2 aromatic carbocycles. The van der Waals surface area contributed by atoms with Gasteiger partial charge < -0.3 is 15.1 Å². The summed E-state index contributed by atoms with van der Waals surface area (Å²) >= 11 is 0. The molecule has 6 nitrogen and oxygen atoms in total. The molecule has 31 heavy (non-hydrogen) atoms. The molecule has 164 valence electrons. The molecule has 1 aliphatic heterocycles. The fourth-order valence-corrected chi connectivity index (χ4v) is 3.88. The van der Waals surface area contributed by atoms with Gasteiger partial charge in [-0.3, -0.25) is 14.4 Å². The second-order valence-electron chi connectivity index (χ2n) is 8.28. The van der Waals surface area contributed by atoms with Crippen LogP contribution in [0.3, 0.4) is 0 Å². The number of carbonyl (C=O) groups excluding carboxylic acids is 3. The third-order valence-corrected chi connectivity index (χ3v) is 5.62. The lowest BCUT2D eigenvalue weighted by atomic mass is 10.1. The molecule has 3 amide bonds. The highest BCUT2D eigenvalue weighted by Gasteiger charge is 2.36. The summed E-state index contributed by atoms with van der Waals surface area (Å²) in [4.78, 5) is 41.6. The van der Waals surface area contributed by atoms with E-state index in [9.17, 15) is 14.4 Å². The van der Waals surface area contributed by atoms with Crippen molar-refractivity contribution in [2.75, 3.05) is 25.0 Å². The zero-order chi connectivity index (χ0) is 22.4. The summed E-state index contributed by atoms with van der Waals surface area (Å²) in [5, 5.41) is 2.89. The fraction of sp³-hybridized carbons (Fsp3) is 0.400. The molecule has 0 spiro atoms. The first-order chi connectivity index (χ1) is 14.9. The molecule has 0 aliphatic carbocycles. The van der Waals surface area contributed by atoms with Crippen LogP contribution in [0.4, 0.5) is 5.69 Å². The van der Waals surface area contributed by atoms with Gasteiger partial charge in [0.15, 0.2) is 0 Å². The monoisotopic (exact) mass is 421 g/mol. The van der Waals surface area contributed by atoms with Gasteiger partial charge in [0.05, 0.1) is 12.5 Å². The van der Waals surface area contributed by atoms with Crippen molar-refractivity contribution in [1.82, 2.24) is 9.80 Å². The van der Waals surface area contributed by atoms with E-state index in [1.165, 1.54) is 5.56 Å². The van der Waals surface area contributed by atoms with Gasteiger partial charge in [0, 0.05) is 31.7 Å². The third kappa shape index (κ3) is 5.94. The molecule has 3 rings (SSSR count). The summed E-state index contributed by atoms with van der Waals surface area (Å²) in [6, 6.07) is 15.6. The maximum absolute atomic E-state index is 13.1. The average Bonchev–Trinajstić information content (AvgIpc) is 3.11. The van der Waals surface area contributed by atoms with Gasteiger partial charge >= 0.3 is 0 Å². The number of nitrogens with zero attached hydrogens (tertiary/aromatic N) is 2. The number of aryl methyl sites for hydroxylation is 2. The molecule has 2 aromatic rings. The molecule has 0 bridgehead atoms. The predicted molar refractivity (Wildman–Crippen MR) is 121 cm³/mol. The number of anilines is 1. The summed E-state index contributed by atoms with van der Waals surface area (Å²) in [6.07, 6.45) is 0.946. The summed E-state index contributed by atoms with van der Waals surface area (Å²) in [5.74, 6) is -0.769. The Bertz CT molecular complexity index is 939. The largest absolute Gasteiger partial charge is 0.338 e. The van der Waals surface area contributed by atoms with E-state index < -0.39 is 5.92 Å². The Labute approximate surface area is 184 Å². The van der Waals surface area contributed by atoms with Crippen LogP contribution in [-0.2, 0) is 20.9 Å². The second-order valence-corrected chi connectivity index (χ2v) is 8.28. The van der Waals surface area contributed by atoms with Crippen molar-refractivity contribution >= 4 is 23.4 Å². The van der Waals surface area contributed by atoms with Gasteiger partial charge in [-0.1, -0.05) is 55.0 Å². The molecule has 1 saturated heterocycles. The van der Waals surface area contributed by atoms with Crippen LogP contribution in [0.2, 0.25) is 0 Å². The van der Waals surface area contributed by atoms with Crippen molar-refractivity contribution in [2.24, 2.45) is 5.92 Å². The van der Waals surface area contributed by atoms with Gasteiger partial charge in [0.2, 0.25) is 17.7 Å². The van der Waals surface area contributed by atoms with Crippen LogP contribution in [0, 0.1) is 19.8 Å². The number of hydrogen-bond donors (Lipinski definition) is 1. The Morgan fingerprint density at radius 2 is 1.81 bits per heavy atom. The molecule has 1 fully saturated rings. The maximum atomic E-state index is 13.1. The highest BCUT2D eigenvalue weighted by Crippen LogP contribution is 2.23. The maximum Gasteiger partial charge on any atom is 0.244 e. The predicted octanol–water partition coefficient (Wildman–Crippen LogP) is 3.53. The molecular weight excluding hydrogens is 390 g/mol. The van der Waals surface area contributed by atoms with Crippen LogP contribution in [-0.4, -0.2) is 47.2 Å². The van der Waals surface area contributed by atoms with Gasteiger partial charge in [-0.05, 0) is 37.5 Å². The van der Waals surface area contributed by atoms with E-state index in [4.69, 9.17) is 0 Å². The Morgan fingerprint density at radius 1 is 1.10 bits per heavy atom. The fourth-order valence-electron chi connectivity index (χ4n) is 3.88. The number of benzene rings is 2. The van der Waals surface area contributed by atoms with Gasteiger partial charge in [-0.25, -0.2) is 0 Å². The molecule has 1 unspecified atom stereocenters. The third-order valence-electron chi connectivity index (χ3n) is 5.62. The standard InChI is InChI=1S/C25H31N3O3/c1-4-13-27(17-23(29)26-22-8-6-5-7-19(22)3)25(31)21-14-24(30)28(16-21)15-20-11-9-18(2)10-12-20/h5-12,21H,4,13-17H2,1-3H3,(H,26,29). The molecule has 1 N–H and O–H groups in total. The average molecular weight is 422 g/mol.